The molecule has 1 fully saturated rings. The van der Waals surface area contributed by atoms with Gasteiger partial charge in [-0.2, -0.15) is 0 Å². The summed E-state index contributed by atoms with van der Waals surface area (Å²) < 4.78 is 41.4. The van der Waals surface area contributed by atoms with Crippen molar-refractivity contribution in [2.75, 3.05) is 23.7 Å². The monoisotopic (exact) mass is 469 g/mol. The number of aromatic nitrogens is 1. The van der Waals surface area contributed by atoms with E-state index < -0.39 is 35.5 Å². The molecular formula is C24H22F3N5O2. The Morgan fingerprint density at radius 2 is 1.68 bits per heavy atom. The summed E-state index contributed by atoms with van der Waals surface area (Å²) in [4.78, 5) is 30.2. The number of nitrogens with zero attached hydrogens (tertiary/aromatic N) is 2. The maximum Gasteiger partial charge on any atom is 0.253 e. The molecule has 2 aromatic carbocycles. The molecule has 176 valence electrons. The van der Waals surface area contributed by atoms with Crippen molar-refractivity contribution in [1.82, 2.24) is 9.88 Å². The number of nitrogens with one attached hydrogen (secondary N) is 2. The molecule has 0 bridgehead atoms. The van der Waals surface area contributed by atoms with Gasteiger partial charge in [-0.3, -0.25) is 9.59 Å². The van der Waals surface area contributed by atoms with Crippen LogP contribution in [0.25, 0.3) is 0 Å². The summed E-state index contributed by atoms with van der Waals surface area (Å²) in [7, 11) is 0. The predicted octanol–water partition coefficient (Wildman–Crippen LogP) is 4.19. The molecule has 1 aliphatic rings. The maximum absolute atomic E-state index is 14.0. The number of anilines is 3. The number of carbonyl (C=O) groups excluding carboxylic acids is 2. The first kappa shape index (κ1) is 23.1. The van der Waals surface area contributed by atoms with Gasteiger partial charge in [-0.25, -0.2) is 18.2 Å². The van der Waals surface area contributed by atoms with E-state index >= 15 is 0 Å². The zero-order valence-corrected chi connectivity index (χ0v) is 18.1. The van der Waals surface area contributed by atoms with Crippen LogP contribution in [0.5, 0.6) is 0 Å². The van der Waals surface area contributed by atoms with Crippen molar-refractivity contribution in [1.29, 1.82) is 0 Å². The summed E-state index contributed by atoms with van der Waals surface area (Å²) in [6.07, 6.45) is 3.23. The van der Waals surface area contributed by atoms with Gasteiger partial charge in [0.2, 0.25) is 0 Å². The Kier molecular flexibility index (Phi) is 6.67. The zero-order chi connectivity index (χ0) is 24.2. The maximum atomic E-state index is 14.0. The number of hydrogen-bond acceptors (Lipinski definition) is 5. The Balaban J connectivity index is 1.51. The van der Waals surface area contributed by atoms with E-state index in [0.29, 0.717) is 23.1 Å². The van der Waals surface area contributed by atoms with E-state index in [9.17, 15) is 22.8 Å². The second kappa shape index (κ2) is 9.82. The number of halogens is 3. The number of hydrogen-bond donors (Lipinski definition) is 3. The van der Waals surface area contributed by atoms with Gasteiger partial charge in [0.05, 0.1) is 11.3 Å². The van der Waals surface area contributed by atoms with Crippen LogP contribution in [-0.4, -0.2) is 34.8 Å². The minimum atomic E-state index is -1.32. The molecule has 34 heavy (non-hydrogen) atoms. The van der Waals surface area contributed by atoms with Crippen molar-refractivity contribution in [3.63, 3.8) is 0 Å². The lowest BCUT2D eigenvalue weighted by Crippen LogP contribution is -2.27. The lowest BCUT2D eigenvalue weighted by atomic mass is 10.1. The fraction of sp³-hybridized carbons (Fsp3) is 0.208. The van der Waals surface area contributed by atoms with Crippen molar-refractivity contribution in [3.8, 4) is 0 Å². The van der Waals surface area contributed by atoms with E-state index in [4.69, 9.17) is 5.73 Å². The minimum absolute atomic E-state index is 0.00525. The highest BCUT2D eigenvalue weighted by Gasteiger charge is 2.19. The molecular weight excluding hydrogens is 447 g/mol. The average Bonchev–Trinajstić information content (AvgIpc) is 3.37. The first-order valence-electron chi connectivity index (χ1n) is 10.7. The first-order chi connectivity index (χ1) is 16.3. The Labute approximate surface area is 193 Å². The van der Waals surface area contributed by atoms with Crippen LogP contribution in [0.3, 0.4) is 0 Å². The smallest absolute Gasteiger partial charge is 0.253 e. The number of benzene rings is 2. The Morgan fingerprint density at radius 3 is 2.35 bits per heavy atom. The van der Waals surface area contributed by atoms with Crippen molar-refractivity contribution in [3.05, 3.63) is 82.8 Å². The number of rotatable bonds is 7. The molecule has 0 unspecified atom stereocenters. The molecule has 1 saturated heterocycles. The number of carbonyl (C=O) groups is 2. The van der Waals surface area contributed by atoms with Crippen LogP contribution in [0.4, 0.5) is 30.4 Å². The van der Waals surface area contributed by atoms with Crippen LogP contribution in [0.1, 0.15) is 39.1 Å². The number of likely N-dealkylation sites (tertiary alicyclic amines) is 1. The van der Waals surface area contributed by atoms with Crippen LogP contribution in [-0.2, 0) is 6.54 Å². The molecule has 4 N–H and O–H groups in total. The van der Waals surface area contributed by atoms with Gasteiger partial charge < -0.3 is 21.3 Å². The van der Waals surface area contributed by atoms with Crippen molar-refractivity contribution in [2.24, 2.45) is 5.73 Å². The Hall–Kier alpha value is -4.08. The van der Waals surface area contributed by atoms with Crippen LogP contribution < -0.4 is 16.4 Å². The highest BCUT2D eigenvalue weighted by Crippen LogP contribution is 2.24. The van der Waals surface area contributed by atoms with Crippen LogP contribution in [0, 0.1) is 17.5 Å². The van der Waals surface area contributed by atoms with Gasteiger partial charge in [0.25, 0.3) is 11.8 Å². The zero-order valence-electron chi connectivity index (χ0n) is 18.1. The standard InChI is InChI=1S/C24H22F3N5O2/c25-18-7-8-19(26)22(27)16(18)12-29-20-11-21(30-13-17(20)23(28)33)31-15-5-3-14(4-6-15)24(34)32-9-1-2-10-32/h3-8,11,13H,1-2,9-10,12H2,(H2,28,33)(H2,29,30,31). The third-order valence-electron chi connectivity index (χ3n) is 5.56. The van der Waals surface area contributed by atoms with Crippen molar-refractivity contribution in [2.45, 2.75) is 19.4 Å². The van der Waals surface area contributed by atoms with Crippen LogP contribution in [0.2, 0.25) is 0 Å². The molecule has 3 aromatic rings. The summed E-state index contributed by atoms with van der Waals surface area (Å²) in [5.74, 6) is -3.93. The number of amides is 2. The average molecular weight is 469 g/mol. The predicted molar refractivity (Wildman–Crippen MR) is 121 cm³/mol. The molecule has 0 saturated carbocycles. The molecule has 0 spiro atoms. The van der Waals surface area contributed by atoms with Crippen LogP contribution >= 0.6 is 0 Å². The van der Waals surface area contributed by atoms with Crippen LogP contribution in [0.15, 0.2) is 48.7 Å². The molecule has 0 atom stereocenters. The Morgan fingerprint density at radius 1 is 1.00 bits per heavy atom. The van der Waals surface area contributed by atoms with E-state index in [-0.39, 0.29) is 17.2 Å². The topological polar surface area (TPSA) is 100 Å². The van der Waals surface area contributed by atoms with Crippen molar-refractivity contribution >= 4 is 29.0 Å². The van der Waals surface area contributed by atoms with Gasteiger partial charge in [0, 0.05) is 48.7 Å². The summed E-state index contributed by atoms with van der Waals surface area (Å²) in [6.45, 7) is 1.09. The minimum Gasteiger partial charge on any atom is -0.380 e. The normalized spacial score (nSPS) is 13.1. The third-order valence-corrected chi connectivity index (χ3v) is 5.56. The quantitative estimate of drug-likeness (QED) is 0.451. The molecule has 1 aromatic heterocycles. The van der Waals surface area contributed by atoms with E-state index in [1.54, 1.807) is 24.3 Å². The fourth-order valence-electron chi connectivity index (χ4n) is 3.73. The fourth-order valence-corrected chi connectivity index (χ4v) is 3.73. The molecule has 4 rings (SSSR count). The summed E-state index contributed by atoms with van der Waals surface area (Å²) in [5.41, 5.74) is 6.23. The van der Waals surface area contributed by atoms with Gasteiger partial charge in [-0.1, -0.05) is 0 Å². The SMILES string of the molecule is NC(=O)c1cnc(Nc2ccc(C(=O)N3CCCC3)cc2)cc1NCc1c(F)ccc(F)c1F. The third kappa shape index (κ3) is 4.95. The number of primary amides is 1. The lowest BCUT2D eigenvalue weighted by Gasteiger charge is -2.16. The van der Waals surface area contributed by atoms with E-state index in [1.165, 1.54) is 12.3 Å². The molecule has 0 aliphatic carbocycles. The van der Waals surface area contributed by atoms with E-state index in [0.717, 1.165) is 32.0 Å². The Bertz CT molecular complexity index is 1230. The summed E-state index contributed by atoms with van der Waals surface area (Å²) in [6, 6.07) is 9.81. The number of nitrogens with two attached hydrogens (primary N) is 1. The molecule has 2 amide bonds. The molecule has 1 aliphatic heterocycles. The van der Waals surface area contributed by atoms with E-state index in [2.05, 4.69) is 15.6 Å². The highest BCUT2D eigenvalue weighted by molar-refractivity contribution is 5.98. The summed E-state index contributed by atoms with van der Waals surface area (Å²) in [5, 5.41) is 5.76. The second-order valence-corrected chi connectivity index (χ2v) is 7.86. The second-order valence-electron chi connectivity index (χ2n) is 7.86. The molecule has 0 radical (unpaired) electrons. The van der Waals surface area contributed by atoms with Gasteiger partial charge >= 0.3 is 0 Å². The van der Waals surface area contributed by atoms with Gasteiger partial charge in [0.1, 0.15) is 11.6 Å². The van der Waals surface area contributed by atoms with Crippen molar-refractivity contribution < 1.29 is 22.8 Å². The van der Waals surface area contributed by atoms with E-state index in [1.807, 2.05) is 4.90 Å². The first-order valence-corrected chi connectivity index (χ1v) is 10.7. The van der Waals surface area contributed by atoms with Gasteiger partial charge in [0.15, 0.2) is 11.6 Å². The van der Waals surface area contributed by atoms with Gasteiger partial charge in [-0.05, 0) is 49.2 Å². The van der Waals surface area contributed by atoms with Gasteiger partial charge in [-0.15, -0.1) is 0 Å². The molecule has 10 heteroatoms. The molecule has 7 nitrogen and oxygen atoms in total. The highest BCUT2D eigenvalue weighted by atomic mass is 19.2. The summed E-state index contributed by atoms with van der Waals surface area (Å²) >= 11 is 0. The molecule has 2 heterocycles. The number of pyridine rings is 1. The lowest BCUT2D eigenvalue weighted by molar-refractivity contribution is 0.0792. The largest absolute Gasteiger partial charge is 0.380 e.